The van der Waals surface area contributed by atoms with Crippen LogP contribution in [0.3, 0.4) is 0 Å². The molecule has 1 rings (SSSR count). The Kier molecular flexibility index (Phi) is 3.90. The standard InChI is InChI=1S/C6H12N2O5/c9-2-7-6(11)8(3-10)5-1-12-4-13-5/h5,9-10H,1-4H2,(H,7,11). The van der Waals surface area contributed by atoms with Gasteiger partial charge >= 0.3 is 6.03 Å². The molecule has 1 unspecified atom stereocenters. The Labute approximate surface area is 74.8 Å². The smallest absolute Gasteiger partial charge is 0.323 e. The lowest BCUT2D eigenvalue weighted by Crippen LogP contribution is -2.47. The minimum Gasteiger partial charge on any atom is -0.376 e. The maximum absolute atomic E-state index is 11.1. The van der Waals surface area contributed by atoms with E-state index in [4.69, 9.17) is 19.7 Å². The van der Waals surface area contributed by atoms with Crippen LogP contribution in [0.5, 0.6) is 0 Å². The van der Waals surface area contributed by atoms with Crippen molar-refractivity contribution in [3.8, 4) is 0 Å². The monoisotopic (exact) mass is 192 g/mol. The van der Waals surface area contributed by atoms with E-state index in [1.165, 1.54) is 0 Å². The summed E-state index contributed by atoms with van der Waals surface area (Å²) in [6.07, 6.45) is -0.587. The Bertz CT molecular complexity index is 170. The third-order valence-electron chi connectivity index (χ3n) is 1.60. The molecule has 2 amide bonds. The van der Waals surface area contributed by atoms with Crippen molar-refractivity contribution in [3.05, 3.63) is 0 Å². The van der Waals surface area contributed by atoms with E-state index in [2.05, 4.69) is 5.32 Å². The van der Waals surface area contributed by atoms with Gasteiger partial charge in [0.1, 0.15) is 20.3 Å². The first-order valence-electron chi connectivity index (χ1n) is 3.75. The molecule has 0 radical (unpaired) electrons. The molecule has 1 aliphatic rings. The Morgan fingerprint density at radius 3 is 2.85 bits per heavy atom. The molecule has 3 N–H and O–H groups in total. The quantitative estimate of drug-likeness (QED) is 0.460. The zero-order valence-corrected chi connectivity index (χ0v) is 6.97. The maximum Gasteiger partial charge on any atom is 0.323 e. The summed E-state index contributed by atoms with van der Waals surface area (Å²) in [6.45, 7) is -0.643. The zero-order chi connectivity index (χ0) is 9.68. The molecular weight excluding hydrogens is 180 g/mol. The number of nitrogens with zero attached hydrogens (tertiary/aromatic N) is 1. The van der Waals surface area contributed by atoms with Crippen LogP contribution in [0.2, 0.25) is 0 Å². The number of carbonyl (C=O) groups excluding carboxylic acids is 1. The van der Waals surface area contributed by atoms with Gasteiger partial charge in [-0.05, 0) is 0 Å². The first-order valence-corrected chi connectivity index (χ1v) is 3.75. The van der Waals surface area contributed by atoms with Gasteiger partial charge in [0.15, 0.2) is 6.23 Å². The van der Waals surface area contributed by atoms with Crippen molar-refractivity contribution < 1.29 is 24.5 Å². The average Bonchev–Trinajstić information content (AvgIpc) is 2.59. The van der Waals surface area contributed by atoms with Crippen LogP contribution >= 0.6 is 0 Å². The van der Waals surface area contributed by atoms with Crippen LogP contribution in [0.15, 0.2) is 0 Å². The predicted octanol–water partition coefficient (Wildman–Crippen LogP) is -1.77. The van der Waals surface area contributed by atoms with E-state index < -0.39 is 25.7 Å². The fourth-order valence-corrected chi connectivity index (χ4v) is 0.959. The van der Waals surface area contributed by atoms with Crippen molar-refractivity contribution in [2.45, 2.75) is 6.23 Å². The number of rotatable bonds is 3. The first kappa shape index (κ1) is 10.2. The number of nitrogens with one attached hydrogen (secondary N) is 1. The number of hydrogen-bond donors (Lipinski definition) is 3. The van der Waals surface area contributed by atoms with E-state index in [1.807, 2.05) is 0 Å². The van der Waals surface area contributed by atoms with Crippen molar-refractivity contribution in [2.24, 2.45) is 0 Å². The molecule has 0 saturated carbocycles. The lowest BCUT2D eigenvalue weighted by atomic mass is 10.5. The van der Waals surface area contributed by atoms with Gasteiger partial charge in [-0.3, -0.25) is 4.90 Å². The molecule has 0 aliphatic carbocycles. The summed E-state index contributed by atoms with van der Waals surface area (Å²) < 4.78 is 9.83. The largest absolute Gasteiger partial charge is 0.376 e. The van der Waals surface area contributed by atoms with E-state index >= 15 is 0 Å². The van der Waals surface area contributed by atoms with Gasteiger partial charge in [-0.2, -0.15) is 0 Å². The Balaban J connectivity index is 2.44. The molecular formula is C6H12N2O5. The van der Waals surface area contributed by atoms with Crippen LogP contribution in [0.25, 0.3) is 0 Å². The fraction of sp³-hybridized carbons (Fsp3) is 0.833. The van der Waals surface area contributed by atoms with Crippen LogP contribution in [-0.2, 0) is 9.47 Å². The summed E-state index contributed by atoms with van der Waals surface area (Å²) >= 11 is 0. The highest BCUT2D eigenvalue weighted by atomic mass is 16.7. The SMILES string of the molecule is O=C(NCO)N(CO)C1COCO1. The second-order valence-corrected chi connectivity index (χ2v) is 2.36. The summed E-state index contributed by atoms with van der Waals surface area (Å²) in [7, 11) is 0. The number of aliphatic hydroxyl groups is 2. The molecule has 76 valence electrons. The number of amides is 2. The van der Waals surface area contributed by atoms with Crippen molar-refractivity contribution in [1.82, 2.24) is 10.2 Å². The maximum atomic E-state index is 11.1. The second kappa shape index (κ2) is 4.97. The third kappa shape index (κ3) is 2.52. The van der Waals surface area contributed by atoms with E-state index in [0.717, 1.165) is 4.90 Å². The lowest BCUT2D eigenvalue weighted by Gasteiger charge is -2.24. The molecule has 1 saturated heterocycles. The summed E-state index contributed by atoms with van der Waals surface area (Å²) in [5, 5.41) is 19.4. The first-order chi connectivity index (χ1) is 6.29. The van der Waals surface area contributed by atoms with E-state index in [-0.39, 0.29) is 13.4 Å². The van der Waals surface area contributed by atoms with Gasteiger partial charge in [-0.25, -0.2) is 4.79 Å². The molecule has 1 atom stereocenters. The van der Waals surface area contributed by atoms with Gasteiger partial charge in [-0.1, -0.05) is 0 Å². The molecule has 0 aromatic carbocycles. The van der Waals surface area contributed by atoms with Gasteiger partial charge in [0, 0.05) is 0 Å². The molecule has 13 heavy (non-hydrogen) atoms. The molecule has 7 heteroatoms. The van der Waals surface area contributed by atoms with Crippen LogP contribution in [0, 0.1) is 0 Å². The van der Waals surface area contributed by atoms with Crippen LogP contribution < -0.4 is 5.32 Å². The number of hydrogen-bond acceptors (Lipinski definition) is 5. The van der Waals surface area contributed by atoms with Gasteiger partial charge in [0.25, 0.3) is 0 Å². The molecule has 1 heterocycles. The topological polar surface area (TPSA) is 91.3 Å². The zero-order valence-electron chi connectivity index (χ0n) is 6.97. The summed E-state index contributed by atoms with van der Waals surface area (Å²) in [4.78, 5) is 12.1. The van der Waals surface area contributed by atoms with Crippen molar-refractivity contribution in [2.75, 3.05) is 26.9 Å². The number of carbonyl (C=O) groups is 1. The third-order valence-corrected chi connectivity index (χ3v) is 1.60. The molecule has 0 spiro atoms. The summed E-state index contributed by atoms with van der Waals surface area (Å²) in [5.41, 5.74) is 0. The molecule has 0 bridgehead atoms. The Hall–Kier alpha value is -0.890. The van der Waals surface area contributed by atoms with Crippen LogP contribution in [0.1, 0.15) is 0 Å². The molecule has 1 aliphatic heterocycles. The molecule has 1 fully saturated rings. The van der Waals surface area contributed by atoms with Crippen molar-refractivity contribution in [1.29, 1.82) is 0 Å². The minimum atomic E-state index is -0.597. The van der Waals surface area contributed by atoms with Crippen LogP contribution in [0.4, 0.5) is 4.79 Å². The Morgan fingerprint density at radius 1 is 1.62 bits per heavy atom. The van der Waals surface area contributed by atoms with Crippen molar-refractivity contribution >= 4 is 6.03 Å². The molecule has 0 aromatic heterocycles. The number of aliphatic hydroxyl groups excluding tert-OH is 2. The van der Waals surface area contributed by atoms with Gasteiger partial charge in [-0.15, -0.1) is 0 Å². The normalized spacial score (nSPS) is 21.5. The summed E-state index contributed by atoms with van der Waals surface area (Å²) in [5.74, 6) is 0. The van der Waals surface area contributed by atoms with Gasteiger partial charge < -0.3 is 25.0 Å². The van der Waals surface area contributed by atoms with E-state index in [9.17, 15) is 4.79 Å². The van der Waals surface area contributed by atoms with Gasteiger partial charge in [0.05, 0.1) is 6.61 Å². The molecule has 0 aromatic rings. The highest BCUT2D eigenvalue weighted by molar-refractivity contribution is 5.74. The van der Waals surface area contributed by atoms with Crippen LogP contribution in [-0.4, -0.2) is 54.2 Å². The highest BCUT2D eigenvalue weighted by Gasteiger charge is 2.27. The number of ether oxygens (including phenoxy) is 2. The minimum absolute atomic E-state index is 0.105. The van der Waals surface area contributed by atoms with E-state index in [0.29, 0.717) is 0 Å². The van der Waals surface area contributed by atoms with E-state index in [1.54, 1.807) is 0 Å². The van der Waals surface area contributed by atoms with Crippen molar-refractivity contribution in [3.63, 3.8) is 0 Å². The van der Waals surface area contributed by atoms with Gasteiger partial charge in [0.2, 0.25) is 0 Å². The fourth-order valence-electron chi connectivity index (χ4n) is 0.959. The second-order valence-electron chi connectivity index (χ2n) is 2.36. The molecule has 7 nitrogen and oxygen atoms in total. The lowest BCUT2D eigenvalue weighted by molar-refractivity contribution is -0.0357. The number of urea groups is 1. The predicted molar refractivity (Wildman–Crippen MR) is 40.2 cm³/mol. The Morgan fingerprint density at radius 2 is 2.38 bits per heavy atom. The average molecular weight is 192 g/mol. The summed E-state index contributed by atoms with van der Waals surface area (Å²) in [6, 6.07) is -0.597. The highest BCUT2D eigenvalue weighted by Crippen LogP contribution is 2.08.